The lowest BCUT2D eigenvalue weighted by Gasteiger charge is -2.38. The molecule has 1 atom stereocenters. The smallest absolute Gasteiger partial charge is 0.416 e. The van der Waals surface area contributed by atoms with Crippen molar-refractivity contribution in [3.05, 3.63) is 100 Å². The standard InChI is InChI=1S/C30H27F3N2O4/c1-18-24(34-29(39-18)21-10-7-11-22(14-21)30(31,32)33)17-27(36)35-13-12-20-15-25(37-2)26(38-3)16-23(20)28(35)19-8-5-4-6-9-19/h4-11,14-16,28H,12-13,17H2,1-3H3. The van der Waals surface area contributed by atoms with Gasteiger partial charge in [-0.15, -0.1) is 0 Å². The van der Waals surface area contributed by atoms with Crippen molar-refractivity contribution in [1.82, 2.24) is 9.88 Å². The zero-order chi connectivity index (χ0) is 27.7. The first kappa shape index (κ1) is 26.3. The number of halogens is 3. The molecule has 39 heavy (non-hydrogen) atoms. The van der Waals surface area contributed by atoms with Gasteiger partial charge in [0, 0.05) is 12.1 Å². The van der Waals surface area contributed by atoms with Gasteiger partial charge in [0.15, 0.2) is 11.5 Å². The maximum atomic E-state index is 13.8. The molecule has 0 saturated heterocycles. The molecule has 4 aromatic rings. The van der Waals surface area contributed by atoms with Crippen molar-refractivity contribution < 1.29 is 31.9 Å². The Bertz CT molecular complexity index is 1500. The third kappa shape index (κ3) is 5.21. The maximum Gasteiger partial charge on any atom is 0.416 e. The number of hydrogen-bond donors (Lipinski definition) is 0. The fourth-order valence-electron chi connectivity index (χ4n) is 5.00. The van der Waals surface area contributed by atoms with Gasteiger partial charge in [0.2, 0.25) is 11.8 Å². The average molecular weight is 537 g/mol. The molecule has 1 aliphatic rings. The minimum atomic E-state index is -4.49. The quantitative estimate of drug-likeness (QED) is 0.285. The van der Waals surface area contributed by atoms with Gasteiger partial charge in [-0.3, -0.25) is 4.79 Å². The molecule has 1 unspecified atom stereocenters. The van der Waals surface area contributed by atoms with Crippen LogP contribution in [0.1, 0.15) is 39.7 Å². The third-order valence-corrected chi connectivity index (χ3v) is 6.96. The first-order valence-corrected chi connectivity index (χ1v) is 12.4. The van der Waals surface area contributed by atoms with E-state index in [9.17, 15) is 18.0 Å². The van der Waals surface area contributed by atoms with E-state index in [-0.39, 0.29) is 29.8 Å². The van der Waals surface area contributed by atoms with E-state index in [1.165, 1.54) is 12.1 Å². The number of benzene rings is 3. The Labute approximate surface area is 224 Å². The Morgan fingerprint density at radius 2 is 1.74 bits per heavy atom. The molecule has 6 nitrogen and oxygen atoms in total. The topological polar surface area (TPSA) is 64.8 Å². The Morgan fingerprint density at radius 3 is 2.44 bits per heavy atom. The largest absolute Gasteiger partial charge is 0.493 e. The number of hydrogen-bond acceptors (Lipinski definition) is 5. The molecule has 2 heterocycles. The lowest BCUT2D eigenvalue weighted by molar-refractivity contribution is -0.137. The van der Waals surface area contributed by atoms with Crippen molar-refractivity contribution in [2.75, 3.05) is 20.8 Å². The highest BCUT2D eigenvalue weighted by Crippen LogP contribution is 2.41. The summed E-state index contributed by atoms with van der Waals surface area (Å²) in [6, 6.07) is 18.0. The molecule has 0 bridgehead atoms. The molecular weight excluding hydrogens is 509 g/mol. The summed E-state index contributed by atoms with van der Waals surface area (Å²) in [5.74, 6) is 1.46. The molecule has 0 N–H and O–H groups in total. The molecule has 0 saturated carbocycles. The van der Waals surface area contributed by atoms with Gasteiger partial charge >= 0.3 is 6.18 Å². The predicted octanol–water partition coefficient (Wildman–Crippen LogP) is 6.40. The van der Waals surface area contributed by atoms with Crippen LogP contribution in [0.5, 0.6) is 11.5 Å². The molecule has 202 valence electrons. The lowest BCUT2D eigenvalue weighted by atomic mass is 9.87. The normalized spacial score (nSPS) is 15.1. The number of aryl methyl sites for hydroxylation is 1. The van der Waals surface area contributed by atoms with Crippen LogP contribution in [0.3, 0.4) is 0 Å². The van der Waals surface area contributed by atoms with Crippen LogP contribution in [0.25, 0.3) is 11.5 Å². The Balaban J connectivity index is 1.47. The monoisotopic (exact) mass is 536 g/mol. The highest BCUT2D eigenvalue weighted by molar-refractivity contribution is 5.80. The minimum Gasteiger partial charge on any atom is -0.493 e. The van der Waals surface area contributed by atoms with E-state index >= 15 is 0 Å². The molecule has 0 radical (unpaired) electrons. The summed E-state index contributed by atoms with van der Waals surface area (Å²) in [4.78, 5) is 20.0. The second-order valence-corrected chi connectivity index (χ2v) is 9.33. The van der Waals surface area contributed by atoms with Crippen molar-refractivity contribution in [2.24, 2.45) is 0 Å². The van der Waals surface area contributed by atoms with E-state index in [0.717, 1.165) is 28.8 Å². The summed E-state index contributed by atoms with van der Waals surface area (Å²) < 4.78 is 56.3. The number of nitrogens with zero attached hydrogens (tertiary/aromatic N) is 2. The zero-order valence-electron chi connectivity index (χ0n) is 21.7. The van der Waals surface area contributed by atoms with Gasteiger partial charge in [0.1, 0.15) is 5.76 Å². The Hall–Kier alpha value is -4.27. The van der Waals surface area contributed by atoms with E-state index in [1.807, 2.05) is 47.4 Å². The van der Waals surface area contributed by atoms with Gasteiger partial charge in [-0.25, -0.2) is 4.98 Å². The van der Waals surface area contributed by atoms with Gasteiger partial charge in [-0.05, 0) is 60.4 Å². The van der Waals surface area contributed by atoms with Crippen molar-refractivity contribution >= 4 is 5.91 Å². The second kappa shape index (κ2) is 10.5. The number of methoxy groups -OCH3 is 2. The van der Waals surface area contributed by atoms with Crippen LogP contribution in [0.4, 0.5) is 13.2 Å². The summed E-state index contributed by atoms with van der Waals surface area (Å²) in [6.45, 7) is 2.13. The van der Waals surface area contributed by atoms with Gasteiger partial charge in [0.25, 0.3) is 0 Å². The van der Waals surface area contributed by atoms with E-state index in [2.05, 4.69) is 4.98 Å². The van der Waals surface area contributed by atoms with E-state index in [1.54, 1.807) is 21.1 Å². The average Bonchev–Trinajstić information content (AvgIpc) is 3.31. The first-order valence-electron chi connectivity index (χ1n) is 12.4. The predicted molar refractivity (Wildman–Crippen MR) is 139 cm³/mol. The number of amides is 1. The highest BCUT2D eigenvalue weighted by Gasteiger charge is 2.34. The minimum absolute atomic E-state index is 0.0434. The molecular formula is C30H27F3N2O4. The van der Waals surface area contributed by atoms with Crippen LogP contribution in [0, 0.1) is 6.92 Å². The number of carbonyl (C=O) groups is 1. The van der Waals surface area contributed by atoms with Gasteiger partial charge in [-0.2, -0.15) is 13.2 Å². The molecule has 1 aromatic heterocycles. The number of carbonyl (C=O) groups excluding carboxylic acids is 1. The summed E-state index contributed by atoms with van der Waals surface area (Å²) >= 11 is 0. The van der Waals surface area contributed by atoms with E-state index in [0.29, 0.717) is 35.9 Å². The molecule has 0 spiro atoms. The molecule has 0 aliphatic carbocycles. The van der Waals surface area contributed by atoms with Crippen LogP contribution < -0.4 is 9.47 Å². The van der Waals surface area contributed by atoms with Crippen molar-refractivity contribution in [2.45, 2.75) is 32.0 Å². The van der Waals surface area contributed by atoms with Gasteiger partial charge in [0.05, 0.1) is 37.9 Å². The zero-order valence-corrected chi connectivity index (χ0v) is 21.7. The number of rotatable bonds is 6. The summed E-state index contributed by atoms with van der Waals surface area (Å²) in [5.41, 5.74) is 2.74. The van der Waals surface area contributed by atoms with Crippen LogP contribution in [0.15, 0.2) is 71.1 Å². The summed E-state index contributed by atoms with van der Waals surface area (Å²) in [6.07, 6.45) is -3.92. The Morgan fingerprint density at radius 1 is 1.03 bits per heavy atom. The maximum absolute atomic E-state index is 13.8. The van der Waals surface area contributed by atoms with E-state index in [4.69, 9.17) is 13.9 Å². The molecule has 9 heteroatoms. The highest BCUT2D eigenvalue weighted by atomic mass is 19.4. The van der Waals surface area contributed by atoms with Crippen molar-refractivity contribution in [1.29, 1.82) is 0 Å². The van der Waals surface area contributed by atoms with Crippen molar-refractivity contribution in [3.63, 3.8) is 0 Å². The van der Waals surface area contributed by atoms with Gasteiger partial charge in [-0.1, -0.05) is 36.4 Å². The lowest BCUT2D eigenvalue weighted by Crippen LogP contribution is -2.41. The van der Waals surface area contributed by atoms with Crippen molar-refractivity contribution in [3.8, 4) is 23.0 Å². The number of oxazole rings is 1. The molecule has 5 rings (SSSR count). The SMILES string of the molecule is COc1cc2c(cc1OC)C(c1ccccc1)N(C(=O)Cc1nc(-c3cccc(C(F)(F)F)c3)oc1C)CC2. The fourth-order valence-corrected chi connectivity index (χ4v) is 5.00. The van der Waals surface area contributed by atoms with Gasteiger partial charge < -0.3 is 18.8 Å². The fraction of sp³-hybridized carbons (Fsp3) is 0.267. The molecule has 1 aliphatic heterocycles. The summed E-state index contributed by atoms with van der Waals surface area (Å²) in [7, 11) is 3.16. The molecule has 3 aromatic carbocycles. The molecule has 1 amide bonds. The first-order chi connectivity index (χ1) is 18.7. The number of fused-ring (bicyclic) bond motifs is 1. The number of alkyl halides is 3. The third-order valence-electron chi connectivity index (χ3n) is 6.96. The number of aromatic nitrogens is 1. The molecule has 0 fully saturated rings. The van der Waals surface area contributed by atoms with Crippen LogP contribution >= 0.6 is 0 Å². The van der Waals surface area contributed by atoms with Crippen LogP contribution in [0.2, 0.25) is 0 Å². The van der Waals surface area contributed by atoms with Crippen LogP contribution in [-0.2, 0) is 23.8 Å². The Kier molecular flexibility index (Phi) is 7.08. The van der Waals surface area contributed by atoms with E-state index < -0.39 is 11.7 Å². The second-order valence-electron chi connectivity index (χ2n) is 9.33. The summed E-state index contributed by atoms with van der Waals surface area (Å²) in [5, 5.41) is 0. The number of ether oxygens (including phenoxy) is 2. The van der Waals surface area contributed by atoms with Crippen LogP contribution in [-0.4, -0.2) is 36.6 Å².